The van der Waals surface area contributed by atoms with Crippen LogP contribution in [0.5, 0.6) is 5.75 Å². The standard InChI is InChI=1S/C23H22N4O5S2/c1-26-19-12-16(6-9-20(19)32-13-21(26)28)18-14-33-23(24-18)25-22(29)15-4-7-17(8-5-15)34(30,31)27-10-2-3-11-27/h4-9,12,14H,2-3,10-11,13H2,1H3,(H,24,25,29). The number of aromatic nitrogens is 1. The molecule has 1 aromatic heterocycles. The maximum Gasteiger partial charge on any atom is 0.264 e. The van der Waals surface area contributed by atoms with Crippen LogP contribution in [0.1, 0.15) is 23.2 Å². The van der Waals surface area contributed by atoms with E-state index in [-0.39, 0.29) is 23.3 Å². The lowest BCUT2D eigenvalue weighted by atomic mass is 10.1. The molecule has 34 heavy (non-hydrogen) atoms. The zero-order valence-electron chi connectivity index (χ0n) is 18.4. The van der Waals surface area contributed by atoms with Gasteiger partial charge in [0.1, 0.15) is 5.75 Å². The summed E-state index contributed by atoms with van der Waals surface area (Å²) in [5.74, 6) is 0.120. The number of rotatable bonds is 5. The van der Waals surface area contributed by atoms with Crippen LogP contribution >= 0.6 is 11.3 Å². The van der Waals surface area contributed by atoms with Gasteiger partial charge in [-0.05, 0) is 55.3 Å². The van der Waals surface area contributed by atoms with E-state index in [0.29, 0.717) is 40.9 Å². The summed E-state index contributed by atoms with van der Waals surface area (Å²) in [5, 5.41) is 4.98. The Morgan fingerprint density at radius 3 is 2.59 bits per heavy atom. The average molecular weight is 499 g/mol. The van der Waals surface area contributed by atoms with Gasteiger partial charge in [0, 0.05) is 36.6 Å². The molecule has 5 rings (SSSR count). The quantitative estimate of drug-likeness (QED) is 0.579. The SMILES string of the molecule is CN1C(=O)COc2ccc(-c3csc(NC(=O)c4ccc(S(=O)(=O)N5CCCC5)cc4)n3)cc21. The van der Waals surface area contributed by atoms with Crippen molar-refractivity contribution in [3.63, 3.8) is 0 Å². The van der Waals surface area contributed by atoms with Crippen LogP contribution < -0.4 is 15.0 Å². The summed E-state index contributed by atoms with van der Waals surface area (Å²) in [6, 6.07) is 11.4. The van der Waals surface area contributed by atoms with E-state index in [4.69, 9.17) is 4.74 Å². The van der Waals surface area contributed by atoms with Gasteiger partial charge in [0.05, 0.1) is 16.3 Å². The van der Waals surface area contributed by atoms with E-state index >= 15 is 0 Å². The minimum absolute atomic E-state index is 0.0148. The summed E-state index contributed by atoms with van der Waals surface area (Å²) < 4.78 is 32.2. The third kappa shape index (κ3) is 4.17. The van der Waals surface area contributed by atoms with Gasteiger partial charge in [-0.3, -0.25) is 14.9 Å². The van der Waals surface area contributed by atoms with E-state index in [1.165, 1.54) is 39.9 Å². The second-order valence-electron chi connectivity index (χ2n) is 8.05. The van der Waals surface area contributed by atoms with Gasteiger partial charge in [-0.25, -0.2) is 13.4 Å². The molecule has 2 aliphatic rings. The third-order valence-corrected chi connectivity index (χ3v) is 8.56. The summed E-state index contributed by atoms with van der Waals surface area (Å²) >= 11 is 1.27. The highest BCUT2D eigenvalue weighted by Gasteiger charge is 2.27. The largest absolute Gasteiger partial charge is 0.482 e. The normalized spacial score (nSPS) is 16.3. The molecular weight excluding hydrogens is 476 g/mol. The minimum atomic E-state index is -3.52. The number of hydrogen-bond donors (Lipinski definition) is 1. The number of carbonyl (C=O) groups is 2. The molecule has 176 valence electrons. The zero-order chi connectivity index (χ0) is 23.9. The first-order valence-electron chi connectivity index (χ1n) is 10.7. The molecule has 0 unspecified atom stereocenters. The van der Waals surface area contributed by atoms with Gasteiger partial charge in [-0.15, -0.1) is 11.3 Å². The lowest BCUT2D eigenvalue weighted by molar-refractivity contribution is -0.120. The van der Waals surface area contributed by atoms with Crippen LogP contribution in [-0.2, 0) is 14.8 Å². The number of nitrogens with zero attached hydrogens (tertiary/aromatic N) is 3. The van der Waals surface area contributed by atoms with E-state index in [1.807, 2.05) is 17.5 Å². The molecule has 3 heterocycles. The van der Waals surface area contributed by atoms with Crippen molar-refractivity contribution in [3.05, 3.63) is 53.4 Å². The zero-order valence-corrected chi connectivity index (χ0v) is 20.0. The van der Waals surface area contributed by atoms with Crippen molar-refractivity contribution in [2.24, 2.45) is 0 Å². The van der Waals surface area contributed by atoms with Crippen molar-refractivity contribution in [2.75, 3.05) is 37.0 Å². The number of fused-ring (bicyclic) bond motifs is 1. The number of amides is 2. The van der Waals surface area contributed by atoms with E-state index in [1.54, 1.807) is 18.0 Å². The summed E-state index contributed by atoms with van der Waals surface area (Å²) in [5.41, 5.74) is 2.44. The van der Waals surface area contributed by atoms with Crippen LogP contribution in [0.3, 0.4) is 0 Å². The molecule has 1 N–H and O–H groups in total. The van der Waals surface area contributed by atoms with Gasteiger partial charge in [0.25, 0.3) is 11.8 Å². The molecule has 2 aliphatic heterocycles. The lowest BCUT2D eigenvalue weighted by Crippen LogP contribution is -2.35. The fourth-order valence-electron chi connectivity index (χ4n) is 3.92. The maximum absolute atomic E-state index is 12.7. The predicted octanol–water partition coefficient (Wildman–Crippen LogP) is 3.20. The highest BCUT2D eigenvalue weighted by atomic mass is 32.2. The second kappa shape index (κ2) is 8.82. The Bertz CT molecular complexity index is 1360. The molecule has 0 saturated carbocycles. The van der Waals surface area contributed by atoms with E-state index in [2.05, 4.69) is 10.3 Å². The van der Waals surface area contributed by atoms with Crippen molar-refractivity contribution >= 4 is 44.0 Å². The van der Waals surface area contributed by atoms with E-state index in [9.17, 15) is 18.0 Å². The Morgan fingerprint density at radius 1 is 1.12 bits per heavy atom. The Morgan fingerprint density at radius 2 is 1.85 bits per heavy atom. The van der Waals surface area contributed by atoms with Gasteiger partial charge in [-0.1, -0.05) is 0 Å². The molecule has 9 nitrogen and oxygen atoms in total. The molecule has 1 saturated heterocycles. The van der Waals surface area contributed by atoms with Crippen LogP contribution in [0.4, 0.5) is 10.8 Å². The fraction of sp³-hybridized carbons (Fsp3) is 0.261. The average Bonchev–Trinajstić information content (AvgIpc) is 3.54. The molecule has 0 bridgehead atoms. The first-order chi connectivity index (χ1) is 16.3. The fourth-order valence-corrected chi connectivity index (χ4v) is 6.15. The van der Waals surface area contributed by atoms with E-state index in [0.717, 1.165) is 18.4 Å². The molecule has 0 spiro atoms. The van der Waals surface area contributed by atoms with Crippen LogP contribution in [0.2, 0.25) is 0 Å². The van der Waals surface area contributed by atoms with Crippen LogP contribution in [0, 0.1) is 0 Å². The summed E-state index contributed by atoms with van der Waals surface area (Å²) in [6.07, 6.45) is 1.73. The summed E-state index contributed by atoms with van der Waals surface area (Å²) in [4.78, 5) is 30.8. The van der Waals surface area contributed by atoms with E-state index < -0.39 is 10.0 Å². The first kappa shape index (κ1) is 22.5. The topological polar surface area (TPSA) is 109 Å². The van der Waals surface area contributed by atoms with Gasteiger partial charge in [0.2, 0.25) is 10.0 Å². The Hall–Kier alpha value is -3.28. The van der Waals surface area contributed by atoms with Crippen LogP contribution in [0.15, 0.2) is 52.7 Å². The highest BCUT2D eigenvalue weighted by molar-refractivity contribution is 7.89. The third-order valence-electron chi connectivity index (χ3n) is 5.89. The van der Waals surface area contributed by atoms with Crippen molar-refractivity contribution < 1.29 is 22.7 Å². The number of nitrogens with one attached hydrogen (secondary N) is 1. The number of likely N-dealkylation sites (N-methyl/N-ethyl adjacent to an activating group) is 1. The maximum atomic E-state index is 12.7. The van der Waals surface area contributed by atoms with Crippen molar-refractivity contribution in [2.45, 2.75) is 17.7 Å². The minimum Gasteiger partial charge on any atom is -0.482 e. The van der Waals surface area contributed by atoms with Crippen molar-refractivity contribution in [1.82, 2.24) is 9.29 Å². The molecular formula is C23H22N4O5S2. The lowest BCUT2D eigenvalue weighted by Gasteiger charge is -2.26. The van der Waals surface area contributed by atoms with Crippen LogP contribution in [0.25, 0.3) is 11.3 Å². The molecule has 0 radical (unpaired) electrons. The Balaban J connectivity index is 1.30. The summed E-state index contributed by atoms with van der Waals surface area (Å²) in [7, 11) is -1.83. The molecule has 0 aliphatic carbocycles. The van der Waals surface area contributed by atoms with Crippen LogP contribution in [-0.4, -0.2) is 56.3 Å². The van der Waals surface area contributed by atoms with Crippen molar-refractivity contribution in [3.8, 4) is 17.0 Å². The highest BCUT2D eigenvalue weighted by Crippen LogP contribution is 2.36. The Labute approximate surface area is 201 Å². The molecule has 11 heteroatoms. The number of benzene rings is 2. The van der Waals surface area contributed by atoms with Gasteiger partial charge in [0.15, 0.2) is 11.7 Å². The molecule has 2 amide bonds. The predicted molar refractivity (Wildman–Crippen MR) is 129 cm³/mol. The monoisotopic (exact) mass is 498 g/mol. The number of anilines is 2. The molecule has 0 atom stereocenters. The van der Waals surface area contributed by atoms with Gasteiger partial charge in [-0.2, -0.15) is 4.31 Å². The number of thiazole rings is 1. The number of hydrogen-bond acceptors (Lipinski definition) is 7. The number of carbonyl (C=O) groups excluding carboxylic acids is 2. The van der Waals surface area contributed by atoms with Gasteiger partial charge >= 0.3 is 0 Å². The molecule has 3 aromatic rings. The van der Waals surface area contributed by atoms with Crippen molar-refractivity contribution in [1.29, 1.82) is 0 Å². The molecule has 2 aromatic carbocycles. The van der Waals surface area contributed by atoms with Gasteiger partial charge < -0.3 is 9.64 Å². The smallest absolute Gasteiger partial charge is 0.264 e. The molecule has 1 fully saturated rings. The number of sulfonamides is 1. The second-order valence-corrected chi connectivity index (χ2v) is 10.8. The Kier molecular flexibility index (Phi) is 5.84. The summed E-state index contributed by atoms with van der Waals surface area (Å²) in [6.45, 7) is 1.07. The first-order valence-corrected chi connectivity index (χ1v) is 13.1. The number of ether oxygens (including phenoxy) is 1.